The lowest BCUT2D eigenvalue weighted by Crippen LogP contribution is -1.89. The second-order valence-electron chi connectivity index (χ2n) is 6.18. The normalized spacial score (nSPS) is 10.7. The van der Waals surface area contributed by atoms with Crippen molar-refractivity contribution in [2.75, 3.05) is 14.2 Å². The highest BCUT2D eigenvalue weighted by Gasteiger charge is 2.11. The number of fused-ring (bicyclic) bond motifs is 1. The zero-order chi connectivity index (χ0) is 18.6. The third-order valence-electron chi connectivity index (χ3n) is 4.52. The number of ether oxygens (including phenoxy) is 2. The molecule has 0 aromatic heterocycles. The van der Waals surface area contributed by atoms with Crippen LogP contribution in [-0.4, -0.2) is 14.2 Å². The molecule has 0 saturated heterocycles. The van der Waals surface area contributed by atoms with Crippen molar-refractivity contribution in [3.63, 3.8) is 0 Å². The van der Waals surface area contributed by atoms with Gasteiger partial charge in [-0.25, -0.2) is 0 Å². The Kier molecular flexibility index (Phi) is 5.03. The fraction of sp³-hybridized carbons (Fsp3) is 0.0833. The van der Waals surface area contributed by atoms with Gasteiger partial charge >= 0.3 is 0 Å². The molecule has 4 rings (SSSR count). The summed E-state index contributed by atoms with van der Waals surface area (Å²) in [7, 11) is 3.42. The maximum atomic E-state index is 5.63. The first kappa shape index (κ1) is 17.5. The highest BCUT2D eigenvalue weighted by atomic mass is 32.2. The molecule has 0 aliphatic heterocycles. The van der Waals surface area contributed by atoms with Gasteiger partial charge in [0.25, 0.3) is 0 Å². The molecule has 0 aliphatic rings. The molecule has 0 atom stereocenters. The van der Waals surface area contributed by atoms with Gasteiger partial charge in [-0.2, -0.15) is 0 Å². The van der Waals surface area contributed by atoms with Crippen LogP contribution in [0.5, 0.6) is 11.5 Å². The Morgan fingerprint density at radius 3 is 2.26 bits per heavy atom. The van der Waals surface area contributed by atoms with Crippen molar-refractivity contribution in [2.24, 2.45) is 0 Å². The Labute approximate surface area is 163 Å². The van der Waals surface area contributed by atoms with Crippen LogP contribution < -0.4 is 9.47 Å². The molecule has 2 nitrogen and oxygen atoms in total. The van der Waals surface area contributed by atoms with E-state index in [0.29, 0.717) is 0 Å². The van der Waals surface area contributed by atoms with Crippen LogP contribution in [-0.2, 0) is 0 Å². The van der Waals surface area contributed by atoms with Crippen LogP contribution in [0.1, 0.15) is 0 Å². The average Bonchev–Trinajstić information content (AvgIpc) is 2.74. The summed E-state index contributed by atoms with van der Waals surface area (Å²) in [6.07, 6.45) is 0. The van der Waals surface area contributed by atoms with Gasteiger partial charge in [0.2, 0.25) is 0 Å². The standard InChI is InChI=1S/C24H20O2S/c1-25-20-8-6-7-17(16-20)18-11-13-22-19(15-18)12-14-23(26-2)24(22)27-21-9-4-3-5-10-21/h3-16H,1-2H3. The summed E-state index contributed by atoms with van der Waals surface area (Å²) in [5.41, 5.74) is 2.31. The van der Waals surface area contributed by atoms with E-state index >= 15 is 0 Å². The van der Waals surface area contributed by atoms with Crippen LogP contribution in [0, 0.1) is 0 Å². The monoisotopic (exact) mass is 372 g/mol. The van der Waals surface area contributed by atoms with Gasteiger partial charge in [0.15, 0.2) is 0 Å². The minimum atomic E-state index is 0.864. The van der Waals surface area contributed by atoms with E-state index < -0.39 is 0 Å². The van der Waals surface area contributed by atoms with Crippen molar-refractivity contribution in [3.05, 3.63) is 84.9 Å². The molecule has 0 aliphatic carbocycles. The Morgan fingerprint density at radius 2 is 1.48 bits per heavy atom. The fourth-order valence-electron chi connectivity index (χ4n) is 3.14. The Bertz CT molecular complexity index is 1070. The van der Waals surface area contributed by atoms with Gasteiger partial charge in [0.05, 0.1) is 19.1 Å². The van der Waals surface area contributed by atoms with Crippen molar-refractivity contribution in [2.45, 2.75) is 9.79 Å². The summed E-state index contributed by atoms with van der Waals surface area (Å²) < 4.78 is 11.0. The van der Waals surface area contributed by atoms with Gasteiger partial charge in [0, 0.05) is 4.90 Å². The number of methoxy groups -OCH3 is 2. The molecular weight excluding hydrogens is 352 g/mol. The molecule has 0 fully saturated rings. The highest BCUT2D eigenvalue weighted by molar-refractivity contribution is 7.99. The summed E-state index contributed by atoms with van der Waals surface area (Å²) >= 11 is 1.73. The molecule has 4 aromatic carbocycles. The molecule has 0 radical (unpaired) electrons. The van der Waals surface area contributed by atoms with Gasteiger partial charge in [-0.05, 0) is 58.3 Å². The molecule has 3 heteroatoms. The topological polar surface area (TPSA) is 18.5 Å². The average molecular weight is 372 g/mol. The van der Waals surface area contributed by atoms with Gasteiger partial charge in [-0.15, -0.1) is 0 Å². The maximum absolute atomic E-state index is 5.63. The number of rotatable bonds is 5. The quantitative estimate of drug-likeness (QED) is 0.389. The van der Waals surface area contributed by atoms with Crippen molar-refractivity contribution in [3.8, 4) is 22.6 Å². The van der Waals surface area contributed by atoms with E-state index in [1.807, 2.05) is 24.3 Å². The maximum Gasteiger partial charge on any atom is 0.133 e. The SMILES string of the molecule is COc1cccc(-c2ccc3c(Sc4ccccc4)c(OC)ccc3c2)c1. The van der Waals surface area contributed by atoms with Crippen LogP contribution >= 0.6 is 11.8 Å². The summed E-state index contributed by atoms with van der Waals surface area (Å²) in [5.74, 6) is 1.76. The van der Waals surface area contributed by atoms with Gasteiger partial charge in [-0.1, -0.05) is 60.3 Å². The Balaban J connectivity index is 1.81. The van der Waals surface area contributed by atoms with Crippen LogP contribution in [0.4, 0.5) is 0 Å². The van der Waals surface area contributed by atoms with Crippen molar-refractivity contribution in [1.29, 1.82) is 0 Å². The predicted octanol–water partition coefficient (Wildman–Crippen LogP) is 6.68. The summed E-state index contributed by atoms with van der Waals surface area (Å²) in [6.45, 7) is 0. The van der Waals surface area contributed by atoms with Crippen LogP contribution in [0.15, 0.2) is 94.7 Å². The molecule has 4 aromatic rings. The van der Waals surface area contributed by atoms with E-state index in [9.17, 15) is 0 Å². The van der Waals surface area contributed by atoms with E-state index in [-0.39, 0.29) is 0 Å². The van der Waals surface area contributed by atoms with E-state index in [1.165, 1.54) is 21.2 Å². The Hall–Kier alpha value is -2.91. The van der Waals surface area contributed by atoms with Crippen LogP contribution in [0.3, 0.4) is 0 Å². The van der Waals surface area contributed by atoms with Gasteiger partial charge in [0.1, 0.15) is 11.5 Å². The van der Waals surface area contributed by atoms with Gasteiger partial charge < -0.3 is 9.47 Å². The third-order valence-corrected chi connectivity index (χ3v) is 5.65. The molecule has 0 bridgehead atoms. The highest BCUT2D eigenvalue weighted by Crippen LogP contribution is 2.41. The zero-order valence-corrected chi connectivity index (χ0v) is 16.1. The number of hydrogen-bond donors (Lipinski definition) is 0. The summed E-state index contributed by atoms with van der Waals surface area (Å²) in [6, 6.07) is 29.2. The minimum Gasteiger partial charge on any atom is -0.497 e. The molecule has 0 N–H and O–H groups in total. The molecule has 27 heavy (non-hydrogen) atoms. The molecular formula is C24H20O2S. The largest absolute Gasteiger partial charge is 0.497 e. The lowest BCUT2D eigenvalue weighted by molar-refractivity contribution is 0.406. The predicted molar refractivity (Wildman–Crippen MR) is 113 cm³/mol. The fourth-order valence-corrected chi connectivity index (χ4v) is 4.21. The second kappa shape index (κ2) is 7.77. The number of hydrogen-bond acceptors (Lipinski definition) is 3. The molecule has 0 spiro atoms. The van der Waals surface area contributed by atoms with E-state index in [2.05, 4.69) is 60.7 Å². The molecule has 0 heterocycles. The molecule has 134 valence electrons. The Morgan fingerprint density at radius 1 is 0.667 bits per heavy atom. The number of benzene rings is 4. The first-order valence-electron chi connectivity index (χ1n) is 8.76. The van der Waals surface area contributed by atoms with E-state index in [1.54, 1.807) is 26.0 Å². The molecule has 0 amide bonds. The van der Waals surface area contributed by atoms with Crippen molar-refractivity contribution in [1.82, 2.24) is 0 Å². The van der Waals surface area contributed by atoms with Gasteiger partial charge in [-0.3, -0.25) is 0 Å². The van der Waals surface area contributed by atoms with E-state index in [0.717, 1.165) is 22.0 Å². The third kappa shape index (κ3) is 3.64. The van der Waals surface area contributed by atoms with Crippen molar-refractivity contribution >= 4 is 22.5 Å². The summed E-state index contributed by atoms with van der Waals surface area (Å²) in [5, 5.41) is 2.38. The summed E-state index contributed by atoms with van der Waals surface area (Å²) in [4.78, 5) is 2.33. The second-order valence-corrected chi connectivity index (χ2v) is 7.26. The zero-order valence-electron chi connectivity index (χ0n) is 15.3. The first-order chi connectivity index (χ1) is 13.3. The first-order valence-corrected chi connectivity index (χ1v) is 9.58. The lowest BCUT2D eigenvalue weighted by Gasteiger charge is -2.13. The van der Waals surface area contributed by atoms with Crippen LogP contribution in [0.2, 0.25) is 0 Å². The smallest absolute Gasteiger partial charge is 0.133 e. The minimum absolute atomic E-state index is 0.864. The lowest BCUT2D eigenvalue weighted by atomic mass is 10.0. The molecule has 0 unspecified atom stereocenters. The van der Waals surface area contributed by atoms with E-state index in [4.69, 9.17) is 9.47 Å². The molecule has 0 saturated carbocycles. The van der Waals surface area contributed by atoms with Crippen molar-refractivity contribution < 1.29 is 9.47 Å². The van der Waals surface area contributed by atoms with Crippen LogP contribution in [0.25, 0.3) is 21.9 Å².